The second-order valence-electron chi connectivity index (χ2n) is 6.24. The molecule has 1 aliphatic rings. The predicted octanol–water partition coefficient (Wildman–Crippen LogP) is 1.14. The summed E-state index contributed by atoms with van der Waals surface area (Å²) in [4.78, 5) is 23.3. The lowest BCUT2D eigenvalue weighted by Crippen LogP contribution is -2.38. The monoisotopic (exact) mass is 366 g/mol. The third kappa shape index (κ3) is 4.67. The highest BCUT2D eigenvalue weighted by atomic mass is 32.2. The predicted molar refractivity (Wildman–Crippen MR) is 94.7 cm³/mol. The Morgan fingerprint density at radius 2 is 2.16 bits per heavy atom. The number of amides is 2. The van der Waals surface area contributed by atoms with Crippen molar-refractivity contribution in [2.75, 3.05) is 31.2 Å². The van der Waals surface area contributed by atoms with Gasteiger partial charge in [-0.05, 0) is 31.2 Å². The molecular formula is C15H22N6O3S. The molecule has 1 aliphatic heterocycles. The highest BCUT2D eigenvalue weighted by Gasteiger charge is 2.24. The second kappa shape index (κ2) is 7.36. The van der Waals surface area contributed by atoms with E-state index in [0.29, 0.717) is 42.5 Å². The highest BCUT2D eigenvalue weighted by molar-refractivity contribution is 7.88. The van der Waals surface area contributed by atoms with Gasteiger partial charge in [0.25, 0.3) is 0 Å². The Labute approximate surface area is 146 Å². The molecule has 25 heavy (non-hydrogen) atoms. The fraction of sp³-hybridized carbons (Fsp3) is 0.533. The largest absolute Gasteiger partial charge is 0.345 e. The number of aromatic amines is 1. The topological polar surface area (TPSA) is 120 Å². The maximum absolute atomic E-state index is 11.9. The van der Waals surface area contributed by atoms with Crippen LogP contribution < -0.4 is 10.6 Å². The van der Waals surface area contributed by atoms with Crippen molar-refractivity contribution >= 4 is 33.0 Å². The quantitative estimate of drug-likeness (QED) is 0.733. The van der Waals surface area contributed by atoms with Crippen LogP contribution in [0.2, 0.25) is 0 Å². The molecule has 10 heteroatoms. The zero-order valence-electron chi connectivity index (χ0n) is 14.0. The summed E-state index contributed by atoms with van der Waals surface area (Å²) in [6.07, 6.45) is 6.96. The standard InChI is InChI=1S/C15H22N6O3S/c1-25(23,24)21-8-4-11(5-9-21)2-6-17-15(22)20-13-10-18-14-12(19-13)3-7-16-14/h3,7,10-11H,2,4-6,8-9H2,1H3,(H,16,18)(H2,17,19,20,22). The van der Waals surface area contributed by atoms with E-state index in [1.807, 2.05) is 0 Å². The molecule has 0 aromatic carbocycles. The van der Waals surface area contributed by atoms with Gasteiger partial charge < -0.3 is 10.3 Å². The van der Waals surface area contributed by atoms with Crippen molar-refractivity contribution in [3.8, 4) is 0 Å². The van der Waals surface area contributed by atoms with Crippen LogP contribution in [-0.4, -0.2) is 59.6 Å². The number of urea groups is 1. The first kappa shape index (κ1) is 17.6. The number of hydrogen-bond acceptors (Lipinski definition) is 5. The summed E-state index contributed by atoms with van der Waals surface area (Å²) in [6.45, 7) is 1.65. The number of hydrogen-bond donors (Lipinski definition) is 3. The van der Waals surface area contributed by atoms with Crippen molar-refractivity contribution in [3.63, 3.8) is 0 Å². The first-order valence-electron chi connectivity index (χ1n) is 8.22. The molecule has 3 N–H and O–H groups in total. The number of nitrogens with zero attached hydrogens (tertiary/aromatic N) is 3. The van der Waals surface area contributed by atoms with Crippen LogP contribution >= 0.6 is 0 Å². The highest BCUT2D eigenvalue weighted by Crippen LogP contribution is 2.21. The average molecular weight is 366 g/mol. The molecule has 0 unspecified atom stereocenters. The van der Waals surface area contributed by atoms with E-state index in [1.54, 1.807) is 12.3 Å². The Kier molecular flexibility index (Phi) is 5.19. The van der Waals surface area contributed by atoms with Gasteiger partial charge in [-0.25, -0.2) is 27.5 Å². The van der Waals surface area contributed by atoms with Gasteiger partial charge >= 0.3 is 6.03 Å². The van der Waals surface area contributed by atoms with Crippen molar-refractivity contribution in [3.05, 3.63) is 18.5 Å². The van der Waals surface area contributed by atoms with Gasteiger partial charge in [-0.2, -0.15) is 0 Å². The molecule has 136 valence electrons. The number of nitrogens with one attached hydrogen (secondary N) is 3. The molecule has 3 rings (SSSR count). The average Bonchev–Trinajstić information content (AvgIpc) is 3.02. The summed E-state index contributed by atoms with van der Waals surface area (Å²) in [5.74, 6) is 0.820. The third-order valence-electron chi connectivity index (χ3n) is 4.38. The van der Waals surface area contributed by atoms with Gasteiger partial charge in [-0.3, -0.25) is 5.32 Å². The lowest BCUT2D eigenvalue weighted by Gasteiger charge is -2.30. The van der Waals surface area contributed by atoms with Crippen molar-refractivity contribution in [2.24, 2.45) is 5.92 Å². The molecule has 3 heterocycles. The number of aromatic nitrogens is 3. The van der Waals surface area contributed by atoms with E-state index in [9.17, 15) is 13.2 Å². The van der Waals surface area contributed by atoms with E-state index in [2.05, 4.69) is 25.6 Å². The lowest BCUT2D eigenvalue weighted by molar-refractivity contribution is 0.245. The number of anilines is 1. The van der Waals surface area contributed by atoms with Crippen molar-refractivity contribution in [2.45, 2.75) is 19.3 Å². The van der Waals surface area contributed by atoms with Crippen LogP contribution in [0.3, 0.4) is 0 Å². The fourth-order valence-corrected chi connectivity index (χ4v) is 3.84. The normalized spacial score (nSPS) is 16.8. The van der Waals surface area contributed by atoms with E-state index >= 15 is 0 Å². The van der Waals surface area contributed by atoms with Crippen LogP contribution in [0.15, 0.2) is 18.5 Å². The Morgan fingerprint density at radius 3 is 2.88 bits per heavy atom. The maximum Gasteiger partial charge on any atom is 0.320 e. The second-order valence-corrected chi connectivity index (χ2v) is 8.22. The summed E-state index contributed by atoms with van der Waals surface area (Å²) in [6, 6.07) is 1.46. The van der Waals surface area contributed by atoms with Gasteiger partial charge in [-0.15, -0.1) is 0 Å². The molecule has 2 aromatic heterocycles. The molecule has 0 bridgehead atoms. The number of piperidine rings is 1. The van der Waals surface area contributed by atoms with E-state index in [1.165, 1.54) is 16.8 Å². The summed E-state index contributed by atoms with van der Waals surface area (Å²) in [7, 11) is -3.09. The van der Waals surface area contributed by atoms with Crippen LogP contribution in [0.4, 0.5) is 10.6 Å². The summed E-state index contributed by atoms with van der Waals surface area (Å²) >= 11 is 0. The minimum Gasteiger partial charge on any atom is -0.345 e. The van der Waals surface area contributed by atoms with Gasteiger partial charge in [0.1, 0.15) is 5.52 Å². The molecule has 2 amide bonds. The van der Waals surface area contributed by atoms with Crippen LogP contribution in [0, 0.1) is 5.92 Å². The molecule has 0 atom stereocenters. The summed E-state index contributed by atoms with van der Waals surface area (Å²) in [5, 5.41) is 5.47. The Hall–Kier alpha value is -2.20. The van der Waals surface area contributed by atoms with E-state index in [-0.39, 0.29) is 6.03 Å². The summed E-state index contributed by atoms with van der Waals surface area (Å²) in [5.41, 5.74) is 1.36. The van der Waals surface area contributed by atoms with Crippen molar-refractivity contribution in [1.29, 1.82) is 0 Å². The first-order chi connectivity index (χ1) is 11.9. The molecule has 0 radical (unpaired) electrons. The van der Waals surface area contributed by atoms with Crippen LogP contribution in [0.1, 0.15) is 19.3 Å². The Bertz CT molecular complexity index is 842. The number of sulfonamides is 1. The number of carbonyl (C=O) groups is 1. The fourth-order valence-electron chi connectivity index (χ4n) is 2.97. The zero-order valence-corrected chi connectivity index (χ0v) is 14.8. The number of H-pyrrole nitrogens is 1. The van der Waals surface area contributed by atoms with Crippen molar-refractivity contribution in [1.82, 2.24) is 24.6 Å². The van der Waals surface area contributed by atoms with Crippen LogP contribution in [0.5, 0.6) is 0 Å². The van der Waals surface area contributed by atoms with Gasteiger partial charge in [0, 0.05) is 25.8 Å². The van der Waals surface area contributed by atoms with Crippen LogP contribution in [-0.2, 0) is 10.0 Å². The third-order valence-corrected chi connectivity index (χ3v) is 5.69. The zero-order chi connectivity index (χ0) is 17.9. The van der Waals surface area contributed by atoms with Crippen molar-refractivity contribution < 1.29 is 13.2 Å². The molecule has 1 saturated heterocycles. The Morgan fingerprint density at radius 1 is 1.40 bits per heavy atom. The molecule has 2 aromatic rings. The molecule has 9 nitrogen and oxygen atoms in total. The van der Waals surface area contributed by atoms with Gasteiger partial charge in [0.2, 0.25) is 10.0 Å². The maximum atomic E-state index is 11.9. The molecule has 0 spiro atoms. The van der Waals surface area contributed by atoms with Crippen LogP contribution in [0.25, 0.3) is 11.2 Å². The Balaban J connectivity index is 1.39. The number of rotatable bonds is 5. The van der Waals surface area contributed by atoms with Gasteiger partial charge in [0.15, 0.2) is 11.5 Å². The minimum atomic E-state index is -3.09. The summed E-state index contributed by atoms with van der Waals surface area (Å²) < 4.78 is 24.5. The minimum absolute atomic E-state index is 0.322. The molecule has 0 saturated carbocycles. The number of carbonyl (C=O) groups excluding carboxylic acids is 1. The van der Waals surface area contributed by atoms with Gasteiger partial charge in [0.05, 0.1) is 12.5 Å². The van der Waals surface area contributed by atoms with Gasteiger partial charge in [-0.1, -0.05) is 0 Å². The van der Waals surface area contributed by atoms with E-state index in [0.717, 1.165) is 19.3 Å². The smallest absolute Gasteiger partial charge is 0.320 e. The molecular weight excluding hydrogens is 344 g/mol. The van der Waals surface area contributed by atoms with E-state index < -0.39 is 10.0 Å². The lowest BCUT2D eigenvalue weighted by atomic mass is 9.95. The van der Waals surface area contributed by atoms with E-state index in [4.69, 9.17) is 0 Å². The molecule has 1 fully saturated rings. The molecule has 0 aliphatic carbocycles. The SMILES string of the molecule is CS(=O)(=O)N1CCC(CCNC(=O)Nc2cnc3[nH]ccc3n2)CC1. The first-order valence-corrected chi connectivity index (χ1v) is 10.1. The number of fused-ring (bicyclic) bond motifs is 1.